The van der Waals surface area contributed by atoms with E-state index in [-0.39, 0.29) is 17.2 Å². The van der Waals surface area contributed by atoms with E-state index in [2.05, 4.69) is 21.2 Å². The Balaban J connectivity index is 2.18. The molecule has 4 nitrogen and oxygen atoms in total. The van der Waals surface area contributed by atoms with Crippen molar-refractivity contribution in [2.45, 2.75) is 13.3 Å². The van der Waals surface area contributed by atoms with Gasteiger partial charge in [0.05, 0.1) is 10.7 Å². The third-order valence-electron chi connectivity index (χ3n) is 3.25. The Morgan fingerprint density at radius 2 is 2.00 bits per heavy atom. The fraction of sp³-hybridized carbons (Fsp3) is 0.176. The number of ether oxygens (including phenoxy) is 1. The minimum atomic E-state index is -1.19. The number of rotatable bonds is 6. The fourth-order valence-corrected chi connectivity index (χ4v) is 2.65. The summed E-state index contributed by atoms with van der Waals surface area (Å²) in [6.45, 7) is 0.935. The standard InChI is InChI=1S/C17H14BrF2NO3S/c1-9-4-14(15(7-12(9)19)24-8-17(22)23)21-16(25)5-10-2-3-11(18)6-13(10)20/h2-4,6-7H,5,8H2,1H3,(H,21,25)(H,22,23). The number of aliphatic carboxylic acids is 1. The molecule has 2 aromatic rings. The van der Waals surface area contributed by atoms with Gasteiger partial charge in [-0.05, 0) is 36.2 Å². The quantitative estimate of drug-likeness (QED) is 0.662. The van der Waals surface area contributed by atoms with Crippen molar-refractivity contribution in [3.63, 3.8) is 0 Å². The molecule has 0 unspecified atom stereocenters. The van der Waals surface area contributed by atoms with Crippen LogP contribution in [-0.4, -0.2) is 22.7 Å². The van der Waals surface area contributed by atoms with Gasteiger partial charge in [0.1, 0.15) is 17.4 Å². The maximum Gasteiger partial charge on any atom is 0.341 e. The average Bonchev–Trinajstić information content (AvgIpc) is 2.52. The first-order chi connectivity index (χ1) is 11.8. The molecule has 132 valence electrons. The van der Waals surface area contributed by atoms with E-state index in [0.717, 1.165) is 6.07 Å². The second-order valence-corrected chi connectivity index (χ2v) is 6.65. The molecule has 0 spiro atoms. The largest absolute Gasteiger partial charge is 0.480 e. The predicted molar refractivity (Wildman–Crippen MR) is 98.3 cm³/mol. The molecule has 2 N–H and O–H groups in total. The summed E-state index contributed by atoms with van der Waals surface area (Å²) in [5.41, 5.74) is 1.05. The lowest BCUT2D eigenvalue weighted by Crippen LogP contribution is -2.16. The molecule has 0 aliphatic carbocycles. The van der Waals surface area contributed by atoms with Crippen LogP contribution in [0, 0.1) is 18.6 Å². The summed E-state index contributed by atoms with van der Waals surface area (Å²) in [5, 5.41) is 11.6. The van der Waals surface area contributed by atoms with Gasteiger partial charge in [-0.3, -0.25) is 0 Å². The Bertz CT molecular complexity index is 830. The summed E-state index contributed by atoms with van der Waals surface area (Å²) in [6, 6.07) is 7.18. The van der Waals surface area contributed by atoms with Crippen molar-refractivity contribution in [1.82, 2.24) is 0 Å². The van der Waals surface area contributed by atoms with Crippen LogP contribution in [0.3, 0.4) is 0 Å². The van der Waals surface area contributed by atoms with Gasteiger partial charge in [-0.15, -0.1) is 0 Å². The Hall–Kier alpha value is -2.06. The van der Waals surface area contributed by atoms with Gasteiger partial charge in [0.15, 0.2) is 6.61 Å². The van der Waals surface area contributed by atoms with Gasteiger partial charge in [0.2, 0.25) is 0 Å². The molecular weight excluding hydrogens is 416 g/mol. The van der Waals surface area contributed by atoms with Crippen molar-refractivity contribution in [2.24, 2.45) is 0 Å². The first-order valence-corrected chi connectivity index (χ1v) is 8.35. The molecule has 0 radical (unpaired) electrons. The van der Waals surface area contributed by atoms with Crippen molar-refractivity contribution in [1.29, 1.82) is 0 Å². The number of hydrogen-bond acceptors (Lipinski definition) is 3. The summed E-state index contributed by atoms with van der Waals surface area (Å²) >= 11 is 8.41. The van der Waals surface area contributed by atoms with Gasteiger partial charge in [0, 0.05) is 17.0 Å². The van der Waals surface area contributed by atoms with Crippen molar-refractivity contribution >= 4 is 44.8 Å². The molecule has 0 amide bonds. The van der Waals surface area contributed by atoms with Crippen LogP contribution in [0.25, 0.3) is 0 Å². The molecule has 0 saturated heterocycles. The lowest BCUT2D eigenvalue weighted by atomic mass is 10.1. The van der Waals surface area contributed by atoms with Crippen LogP contribution in [0.1, 0.15) is 11.1 Å². The van der Waals surface area contributed by atoms with Crippen molar-refractivity contribution in [3.8, 4) is 5.75 Å². The summed E-state index contributed by atoms with van der Waals surface area (Å²) in [7, 11) is 0. The highest BCUT2D eigenvalue weighted by atomic mass is 79.9. The average molecular weight is 430 g/mol. The Morgan fingerprint density at radius 3 is 2.64 bits per heavy atom. The molecule has 0 aliphatic heterocycles. The summed E-state index contributed by atoms with van der Waals surface area (Å²) in [6.07, 6.45) is 0.128. The number of hydrogen-bond donors (Lipinski definition) is 2. The first kappa shape index (κ1) is 19.3. The first-order valence-electron chi connectivity index (χ1n) is 7.14. The molecule has 0 fully saturated rings. The smallest absolute Gasteiger partial charge is 0.341 e. The minimum Gasteiger partial charge on any atom is -0.480 e. The molecule has 2 aromatic carbocycles. The van der Waals surface area contributed by atoms with Crippen LogP contribution < -0.4 is 10.1 Å². The Labute approximate surface area is 156 Å². The molecular formula is C17H14BrF2NO3S. The number of carbonyl (C=O) groups is 1. The van der Waals surface area contributed by atoms with Crippen LogP contribution in [-0.2, 0) is 11.2 Å². The lowest BCUT2D eigenvalue weighted by Gasteiger charge is -2.15. The van der Waals surface area contributed by atoms with E-state index < -0.39 is 24.2 Å². The molecule has 0 atom stereocenters. The monoisotopic (exact) mass is 429 g/mol. The number of carboxylic acid groups (broad SMARTS) is 1. The van der Waals surface area contributed by atoms with E-state index in [9.17, 15) is 13.6 Å². The Morgan fingerprint density at radius 1 is 1.28 bits per heavy atom. The van der Waals surface area contributed by atoms with E-state index in [4.69, 9.17) is 22.1 Å². The van der Waals surface area contributed by atoms with Crippen LogP contribution >= 0.6 is 28.1 Å². The molecule has 25 heavy (non-hydrogen) atoms. The molecule has 0 saturated carbocycles. The number of benzene rings is 2. The topological polar surface area (TPSA) is 58.6 Å². The molecule has 0 heterocycles. The number of halogens is 3. The highest BCUT2D eigenvalue weighted by molar-refractivity contribution is 9.10. The zero-order chi connectivity index (χ0) is 18.6. The van der Waals surface area contributed by atoms with Gasteiger partial charge < -0.3 is 15.2 Å². The second kappa shape index (κ2) is 8.35. The van der Waals surface area contributed by atoms with Gasteiger partial charge >= 0.3 is 5.97 Å². The lowest BCUT2D eigenvalue weighted by molar-refractivity contribution is -0.139. The predicted octanol–water partition coefficient (Wildman–Crippen LogP) is 4.48. The molecule has 0 aromatic heterocycles. The van der Waals surface area contributed by atoms with Gasteiger partial charge in [-0.1, -0.05) is 34.2 Å². The number of thiocarbonyl (C=S) groups is 1. The molecule has 0 aliphatic rings. The van der Waals surface area contributed by atoms with E-state index >= 15 is 0 Å². The highest BCUT2D eigenvalue weighted by Gasteiger charge is 2.13. The molecule has 8 heteroatoms. The maximum absolute atomic E-state index is 13.9. The van der Waals surface area contributed by atoms with Gasteiger partial charge in [-0.25, -0.2) is 13.6 Å². The van der Waals surface area contributed by atoms with E-state index in [1.807, 2.05) is 0 Å². The van der Waals surface area contributed by atoms with Crippen LogP contribution in [0.15, 0.2) is 34.8 Å². The summed E-state index contributed by atoms with van der Waals surface area (Å²) < 4.78 is 33.3. The van der Waals surface area contributed by atoms with Gasteiger partial charge in [0.25, 0.3) is 0 Å². The van der Waals surface area contributed by atoms with Crippen LogP contribution in [0.4, 0.5) is 14.5 Å². The minimum absolute atomic E-state index is 0.0177. The van der Waals surface area contributed by atoms with Crippen molar-refractivity contribution < 1.29 is 23.4 Å². The van der Waals surface area contributed by atoms with Crippen molar-refractivity contribution in [3.05, 3.63) is 57.6 Å². The number of anilines is 1. The normalized spacial score (nSPS) is 10.4. The van der Waals surface area contributed by atoms with E-state index in [1.54, 1.807) is 19.1 Å². The summed E-state index contributed by atoms with van der Waals surface area (Å²) in [4.78, 5) is 10.9. The molecule has 0 bridgehead atoms. The Kier molecular flexibility index (Phi) is 6.44. The number of nitrogens with one attached hydrogen (secondary N) is 1. The third kappa shape index (κ3) is 5.47. The zero-order valence-electron chi connectivity index (χ0n) is 13.1. The van der Waals surface area contributed by atoms with E-state index in [0.29, 0.717) is 21.3 Å². The van der Waals surface area contributed by atoms with E-state index in [1.165, 1.54) is 12.1 Å². The number of carboxylic acids is 1. The fourth-order valence-electron chi connectivity index (χ4n) is 2.05. The zero-order valence-corrected chi connectivity index (χ0v) is 15.5. The summed E-state index contributed by atoms with van der Waals surface area (Å²) in [5.74, 6) is -2.11. The SMILES string of the molecule is Cc1cc(NC(=S)Cc2ccc(Br)cc2F)c(OCC(=O)O)cc1F. The second-order valence-electron chi connectivity index (χ2n) is 5.24. The third-order valence-corrected chi connectivity index (χ3v) is 3.99. The highest BCUT2D eigenvalue weighted by Crippen LogP contribution is 2.28. The van der Waals surface area contributed by atoms with Gasteiger partial charge in [-0.2, -0.15) is 0 Å². The number of aryl methyl sites for hydroxylation is 1. The molecule has 2 rings (SSSR count). The maximum atomic E-state index is 13.9. The van der Waals surface area contributed by atoms with Crippen molar-refractivity contribution in [2.75, 3.05) is 11.9 Å². The van der Waals surface area contributed by atoms with Crippen LogP contribution in [0.5, 0.6) is 5.75 Å². The van der Waals surface area contributed by atoms with Crippen LogP contribution in [0.2, 0.25) is 0 Å².